The summed E-state index contributed by atoms with van der Waals surface area (Å²) in [5.41, 5.74) is 4.10. The summed E-state index contributed by atoms with van der Waals surface area (Å²) in [4.78, 5) is 39.3. The van der Waals surface area contributed by atoms with Crippen molar-refractivity contribution >= 4 is 35.6 Å². The predicted molar refractivity (Wildman–Crippen MR) is 180 cm³/mol. The van der Waals surface area contributed by atoms with E-state index in [4.69, 9.17) is 18.9 Å². The van der Waals surface area contributed by atoms with Crippen molar-refractivity contribution in [1.29, 1.82) is 0 Å². The minimum absolute atomic E-state index is 0.125. The van der Waals surface area contributed by atoms with Crippen molar-refractivity contribution in [2.45, 2.75) is 46.1 Å². The van der Waals surface area contributed by atoms with Gasteiger partial charge in [-0.3, -0.25) is 19.6 Å². The Balaban J connectivity index is 1.23. The topological polar surface area (TPSA) is 102 Å². The highest BCUT2D eigenvalue weighted by Gasteiger charge is 2.32. The van der Waals surface area contributed by atoms with Crippen LogP contribution in [-0.2, 0) is 0 Å². The van der Waals surface area contributed by atoms with Crippen molar-refractivity contribution in [3.8, 4) is 23.0 Å². The van der Waals surface area contributed by atoms with E-state index in [0.29, 0.717) is 71.7 Å². The van der Waals surface area contributed by atoms with Crippen molar-refractivity contribution in [1.82, 2.24) is 9.80 Å². The summed E-state index contributed by atoms with van der Waals surface area (Å²) in [6.07, 6.45) is 17.3. The fraction of sp³-hybridized carbons (Fsp3) is 0.333. The Kier molecular flexibility index (Phi) is 10.4. The molecule has 0 saturated heterocycles. The quantitative estimate of drug-likeness (QED) is 0.187. The van der Waals surface area contributed by atoms with Gasteiger partial charge in [0.1, 0.15) is 0 Å². The van der Waals surface area contributed by atoms with E-state index in [2.05, 4.69) is 16.9 Å². The molecule has 3 heterocycles. The van der Waals surface area contributed by atoms with Gasteiger partial charge in [0.15, 0.2) is 23.0 Å². The highest BCUT2D eigenvalue weighted by molar-refractivity contribution is 6.04. The molecule has 10 heteroatoms. The van der Waals surface area contributed by atoms with Gasteiger partial charge in [0, 0.05) is 43.4 Å². The SMILES string of the molecule is CC=CC(=CN1CC=Nc2cc(OCCCOc3cc4c(cc3OC)C(=O)N3C=C(C=CC)CC3C=N4)c(OC)cc2C1=O)CC. The van der Waals surface area contributed by atoms with Gasteiger partial charge in [0.05, 0.1) is 62.5 Å². The Morgan fingerprint density at radius 2 is 1.54 bits per heavy atom. The number of aliphatic imine (C=N–C) groups is 2. The zero-order valence-electron chi connectivity index (χ0n) is 27.0. The van der Waals surface area contributed by atoms with E-state index in [1.807, 2.05) is 56.8 Å². The third-order valence-corrected chi connectivity index (χ3v) is 7.82. The average Bonchev–Trinajstić information content (AvgIpc) is 3.35. The van der Waals surface area contributed by atoms with E-state index in [0.717, 1.165) is 24.0 Å². The number of benzene rings is 2. The molecule has 1 unspecified atom stereocenters. The number of nitrogens with zero attached hydrogens (tertiary/aromatic N) is 4. The molecule has 2 aromatic carbocycles. The highest BCUT2D eigenvalue weighted by Crippen LogP contribution is 2.39. The number of rotatable bonds is 12. The Hall–Kier alpha value is -5.12. The van der Waals surface area contributed by atoms with Gasteiger partial charge in [-0.05, 0) is 50.0 Å². The second kappa shape index (κ2) is 14.8. The molecule has 240 valence electrons. The van der Waals surface area contributed by atoms with Gasteiger partial charge in [-0.15, -0.1) is 0 Å². The van der Waals surface area contributed by atoms with E-state index >= 15 is 0 Å². The van der Waals surface area contributed by atoms with Gasteiger partial charge >= 0.3 is 0 Å². The zero-order chi connectivity index (χ0) is 32.6. The van der Waals surface area contributed by atoms with Gasteiger partial charge in [0.25, 0.3) is 11.8 Å². The fourth-order valence-electron chi connectivity index (χ4n) is 5.50. The van der Waals surface area contributed by atoms with E-state index < -0.39 is 0 Å². The van der Waals surface area contributed by atoms with Crippen molar-refractivity contribution < 1.29 is 28.5 Å². The first-order valence-electron chi connectivity index (χ1n) is 15.5. The van der Waals surface area contributed by atoms with E-state index in [1.54, 1.807) is 54.5 Å². The molecule has 0 bridgehead atoms. The van der Waals surface area contributed by atoms with E-state index in [9.17, 15) is 9.59 Å². The van der Waals surface area contributed by atoms with Gasteiger partial charge in [-0.25, -0.2) is 0 Å². The molecule has 46 heavy (non-hydrogen) atoms. The molecule has 0 N–H and O–H groups in total. The number of carbonyl (C=O) groups excluding carboxylic acids is 2. The number of amides is 2. The Bertz CT molecular complexity index is 1670. The normalized spacial score (nSPS) is 17.5. The predicted octanol–water partition coefficient (Wildman–Crippen LogP) is 6.97. The Morgan fingerprint density at radius 3 is 2.15 bits per heavy atom. The average molecular weight is 625 g/mol. The lowest BCUT2D eigenvalue weighted by Gasteiger charge is -2.19. The second-order valence-corrected chi connectivity index (χ2v) is 10.9. The molecule has 3 aliphatic rings. The first kappa shape index (κ1) is 32.3. The van der Waals surface area contributed by atoms with E-state index in [-0.39, 0.29) is 17.9 Å². The van der Waals surface area contributed by atoms with Crippen LogP contribution in [0.3, 0.4) is 0 Å². The minimum atomic E-state index is -0.155. The molecular formula is C36H40N4O6. The lowest BCUT2D eigenvalue weighted by atomic mass is 10.1. The van der Waals surface area contributed by atoms with Crippen LogP contribution in [0.2, 0.25) is 0 Å². The number of allylic oxidation sites excluding steroid dienone is 5. The summed E-state index contributed by atoms with van der Waals surface area (Å²) in [6.45, 7) is 6.98. The van der Waals surface area contributed by atoms with Crippen LogP contribution in [0.15, 0.2) is 82.1 Å². The van der Waals surface area contributed by atoms with Crippen molar-refractivity contribution in [3.05, 3.63) is 83.2 Å². The number of methoxy groups -OCH3 is 2. The molecule has 0 aromatic heterocycles. The summed E-state index contributed by atoms with van der Waals surface area (Å²) in [7, 11) is 3.09. The summed E-state index contributed by atoms with van der Waals surface area (Å²) in [6, 6.07) is 6.72. The van der Waals surface area contributed by atoms with Crippen LogP contribution in [0.25, 0.3) is 0 Å². The summed E-state index contributed by atoms with van der Waals surface area (Å²) in [5.74, 6) is 1.60. The van der Waals surface area contributed by atoms with Crippen molar-refractivity contribution in [3.63, 3.8) is 0 Å². The maximum atomic E-state index is 13.4. The molecule has 3 aliphatic heterocycles. The monoisotopic (exact) mass is 624 g/mol. The van der Waals surface area contributed by atoms with Crippen molar-refractivity contribution in [2.24, 2.45) is 9.98 Å². The zero-order valence-corrected chi connectivity index (χ0v) is 27.0. The first-order chi connectivity index (χ1) is 22.4. The standard InChI is InChI=1S/C36H40N4O6/c1-6-10-24(8-3)22-39-13-12-37-29-19-33(31(43-4)17-27(29)35(39)41)45-14-9-15-46-34-20-30-28(18-32(34)44-5)36(42)40-23-25(11-7-2)16-26(40)21-38-30/h6-7,10-12,17-23,26H,8-9,13-16H2,1-5H3. The number of hydrogen-bond acceptors (Lipinski definition) is 8. The summed E-state index contributed by atoms with van der Waals surface area (Å²) < 4.78 is 23.3. The molecule has 0 spiro atoms. The summed E-state index contributed by atoms with van der Waals surface area (Å²) in [5, 5.41) is 0. The molecule has 5 rings (SSSR count). The molecule has 2 amide bonds. The molecule has 0 saturated carbocycles. The van der Waals surface area contributed by atoms with Crippen LogP contribution in [0, 0.1) is 0 Å². The molecule has 1 atom stereocenters. The molecular weight excluding hydrogens is 584 g/mol. The lowest BCUT2D eigenvalue weighted by molar-refractivity contribution is 0.0815. The van der Waals surface area contributed by atoms with Crippen LogP contribution >= 0.6 is 0 Å². The smallest absolute Gasteiger partial charge is 0.260 e. The molecule has 0 fully saturated rings. The second-order valence-electron chi connectivity index (χ2n) is 10.9. The third kappa shape index (κ3) is 6.91. The first-order valence-corrected chi connectivity index (χ1v) is 15.5. The van der Waals surface area contributed by atoms with Gasteiger partial charge in [-0.2, -0.15) is 0 Å². The fourth-order valence-corrected chi connectivity index (χ4v) is 5.50. The van der Waals surface area contributed by atoms with Gasteiger partial charge in [0.2, 0.25) is 0 Å². The Morgan fingerprint density at radius 1 is 0.891 bits per heavy atom. The van der Waals surface area contributed by atoms with Gasteiger partial charge in [-0.1, -0.05) is 31.2 Å². The van der Waals surface area contributed by atoms with Crippen LogP contribution < -0.4 is 18.9 Å². The minimum Gasteiger partial charge on any atom is -0.493 e. The molecule has 2 aromatic rings. The molecule has 10 nitrogen and oxygen atoms in total. The van der Waals surface area contributed by atoms with E-state index in [1.165, 1.54) is 0 Å². The largest absolute Gasteiger partial charge is 0.493 e. The highest BCUT2D eigenvalue weighted by atomic mass is 16.5. The Labute approximate surface area is 270 Å². The van der Waals surface area contributed by atoms with Crippen LogP contribution in [0.5, 0.6) is 23.0 Å². The molecule has 0 radical (unpaired) electrons. The van der Waals surface area contributed by atoms with Crippen LogP contribution in [0.4, 0.5) is 11.4 Å². The number of fused-ring (bicyclic) bond motifs is 3. The summed E-state index contributed by atoms with van der Waals surface area (Å²) >= 11 is 0. The number of ether oxygens (including phenoxy) is 4. The maximum absolute atomic E-state index is 13.4. The maximum Gasteiger partial charge on any atom is 0.260 e. The number of hydrogen-bond donors (Lipinski definition) is 0. The van der Waals surface area contributed by atoms with Crippen molar-refractivity contribution in [2.75, 3.05) is 34.0 Å². The van der Waals surface area contributed by atoms with Crippen LogP contribution in [-0.4, -0.2) is 74.1 Å². The van der Waals surface area contributed by atoms with Gasteiger partial charge < -0.3 is 28.7 Å². The lowest BCUT2D eigenvalue weighted by Crippen LogP contribution is -2.32. The van der Waals surface area contributed by atoms with Crippen LogP contribution in [0.1, 0.15) is 60.7 Å². The molecule has 0 aliphatic carbocycles. The number of carbonyl (C=O) groups is 2. The third-order valence-electron chi connectivity index (χ3n) is 7.82.